The van der Waals surface area contributed by atoms with Crippen molar-refractivity contribution in [3.63, 3.8) is 0 Å². The van der Waals surface area contributed by atoms with Crippen molar-refractivity contribution in [2.75, 3.05) is 24.5 Å². The molecule has 0 aromatic heterocycles. The molecule has 0 aliphatic rings. The van der Waals surface area contributed by atoms with Crippen LogP contribution < -0.4 is 14.4 Å². The number of methoxy groups -OCH3 is 1. The maximum Gasteiger partial charge on any atom is 0.264 e. The van der Waals surface area contributed by atoms with E-state index in [-0.39, 0.29) is 28.1 Å². The monoisotopic (exact) mass is 589 g/mol. The van der Waals surface area contributed by atoms with E-state index in [1.807, 2.05) is 6.92 Å². The molecule has 40 heavy (non-hydrogen) atoms. The molecule has 0 saturated carbocycles. The fourth-order valence-corrected chi connectivity index (χ4v) is 5.54. The maximum absolute atomic E-state index is 14.0. The van der Waals surface area contributed by atoms with Crippen LogP contribution in [0.4, 0.5) is 10.1 Å². The number of hydrogen-bond acceptors (Lipinski definition) is 5. The van der Waals surface area contributed by atoms with Crippen LogP contribution >= 0.6 is 11.6 Å². The topological polar surface area (TPSA) is 96.0 Å². The van der Waals surface area contributed by atoms with Crippen molar-refractivity contribution in [2.24, 2.45) is 0 Å². The Kier molecular flexibility index (Phi) is 10.9. The number of nitrogens with zero attached hydrogens (tertiary/aromatic N) is 2. The molecule has 0 bridgehead atoms. The first-order valence-electron chi connectivity index (χ1n) is 12.8. The number of halogens is 2. The summed E-state index contributed by atoms with van der Waals surface area (Å²) in [7, 11) is -2.73. The van der Waals surface area contributed by atoms with Crippen molar-refractivity contribution >= 4 is 39.1 Å². The molecule has 0 aliphatic carbocycles. The molecule has 3 aromatic rings. The predicted octanol–water partition coefficient (Wildman–Crippen LogP) is 5.02. The average Bonchev–Trinajstić information content (AvgIpc) is 2.96. The Morgan fingerprint density at radius 2 is 1.73 bits per heavy atom. The van der Waals surface area contributed by atoms with Crippen molar-refractivity contribution in [3.8, 4) is 5.75 Å². The smallest absolute Gasteiger partial charge is 0.264 e. The van der Waals surface area contributed by atoms with Crippen molar-refractivity contribution < 1.29 is 27.1 Å². The molecular formula is C29H33ClFN3O5S. The Bertz CT molecular complexity index is 1400. The second kappa shape index (κ2) is 14.1. The van der Waals surface area contributed by atoms with E-state index in [9.17, 15) is 22.4 Å². The van der Waals surface area contributed by atoms with Gasteiger partial charge in [-0.05, 0) is 61.4 Å². The first-order valence-corrected chi connectivity index (χ1v) is 14.6. The second-order valence-electron chi connectivity index (χ2n) is 9.11. The van der Waals surface area contributed by atoms with Crippen molar-refractivity contribution in [3.05, 3.63) is 89.2 Å². The minimum Gasteiger partial charge on any atom is -0.497 e. The number of carbonyl (C=O) groups is 2. The lowest BCUT2D eigenvalue weighted by atomic mass is 10.1. The van der Waals surface area contributed by atoms with Crippen LogP contribution in [0.15, 0.2) is 77.7 Å². The van der Waals surface area contributed by atoms with E-state index in [1.54, 1.807) is 49.4 Å². The molecule has 0 radical (unpaired) electrons. The minimum absolute atomic E-state index is 0.00745. The standard InChI is InChI=1S/C29H33ClFN3O5S/c1-4-5-17-32-29(36)21(2)33(19-22-11-14-24(39-3)15-12-22)28(35)20-34(23-13-16-27(31)26(30)18-23)40(37,38)25-9-7-6-8-10-25/h6-16,18,21H,4-5,17,19-20H2,1-3H3,(H,32,36). The minimum atomic E-state index is -4.27. The molecule has 1 atom stereocenters. The van der Waals surface area contributed by atoms with Crippen LogP contribution in [0.5, 0.6) is 5.75 Å². The normalized spacial score (nSPS) is 11.9. The van der Waals surface area contributed by atoms with Crippen LogP contribution in [0.25, 0.3) is 0 Å². The SMILES string of the molecule is CCCCNC(=O)C(C)N(Cc1ccc(OC)cc1)C(=O)CN(c1ccc(F)c(Cl)c1)S(=O)(=O)c1ccccc1. The van der Waals surface area contributed by atoms with Gasteiger partial charge < -0.3 is 15.0 Å². The molecule has 0 saturated heterocycles. The summed E-state index contributed by atoms with van der Waals surface area (Å²) >= 11 is 5.98. The number of sulfonamides is 1. The quantitative estimate of drug-likeness (QED) is 0.283. The highest BCUT2D eigenvalue weighted by Crippen LogP contribution is 2.28. The van der Waals surface area contributed by atoms with Gasteiger partial charge in [-0.1, -0.05) is 55.3 Å². The fraction of sp³-hybridized carbons (Fsp3) is 0.310. The van der Waals surface area contributed by atoms with Gasteiger partial charge in [-0.25, -0.2) is 12.8 Å². The maximum atomic E-state index is 14.0. The van der Waals surface area contributed by atoms with Gasteiger partial charge in [-0.15, -0.1) is 0 Å². The number of unbranched alkanes of at least 4 members (excludes halogenated alkanes) is 1. The molecule has 3 aromatic carbocycles. The molecule has 0 fully saturated rings. The van der Waals surface area contributed by atoms with Crippen LogP contribution in [0.2, 0.25) is 5.02 Å². The number of carbonyl (C=O) groups excluding carboxylic acids is 2. The molecule has 0 aliphatic heterocycles. The molecule has 214 valence electrons. The highest BCUT2D eigenvalue weighted by molar-refractivity contribution is 7.92. The Hall–Kier alpha value is -3.63. The third-order valence-corrected chi connectivity index (χ3v) is 8.39. The van der Waals surface area contributed by atoms with E-state index in [1.165, 1.54) is 30.2 Å². The largest absolute Gasteiger partial charge is 0.497 e. The lowest BCUT2D eigenvalue weighted by Crippen LogP contribution is -2.51. The van der Waals surface area contributed by atoms with Crippen LogP contribution in [0, 0.1) is 5.82 Å². The van der Waals surface area contributed by atoms with Gasteiger partial charge in [-0.2, -0.15) is 0 Å². The highest BCUT2D eigenvalue weighted by Gasteiger charge is 2.32. The van der Waals surface area contributed by atoms with Gasteiger partial charge >= 0.3 is 0 Å². The molecule has 11 heteroatoms. The first kappa shape index (κ1) is 30.9. The molecule has 3 rings (SSSR count). The number of anilines is 1. The van der Waals surface area contributed by atoms with Gasteiger partial charge in [0.2, 0.25) is 11.8 Å². The number of hydrogen-bond donors (Lipinski definition) is 1. The van der Waals surface area contributed by atoms with Crippen LogP contribution in [-0.2, 0) is 26.2 Å². The number of rotatable bonds is 13. The highest BCUT2D eigenvalue weighted by atomic mass is 35.5. The van der Waals surface area contributed by atoms with Gasteiger partial charge in [0.1, 0.15) is 24.2 Å². The van der Waals surface area contributed by atoms with Gasteiger partial charge in [0.25, 0.3) is 10.0 Å². The fourth-order valence-electron chi connectivity index (χ4n) is 3.93. The number of amides is 2. The zero-order chi connectivity index (χ0) is 29.3. The number of nitrogens with one attached hydrogen (secondary N) is 1. The van der Waals surface area contributed by atoms with Gasteiger partial charge in [-0.3, -0.25) is 13.9 Å². The summed E-state index contributed by atoms with van der Waals surface area (Å²) < 4.78 is 47.5. The Morgan fingerprint density at radius 3 is 2.33 bits per heavy atom. The van der Waals surface area contributed by atoms with Gasteiger partial charge in [0.05, 0.1) is 22.7 Å². The summed E-state index contributed by atoms with van der Waals surface area (Å²) in [6.07, 6.45) is 1.66. The summed E-state index contributed by atoms with van der Waals surface area (Å²) in [5, 5.41) is 2.54. The first-order chi connectivity index (χ1) is 19.1. The van der Waals surface area contributed by atoms with Crippen LogP contribution in [0.1, 0.15) is 32.3 Å². The molecule has 0 heterocycles. The predicted molar refractivity (Wildman–Crippen MR) is 153 cm³/mol. The molecule has 8 nitrogen and oxygen atoms in total. The number of benzene rings is 3. The van der Waals surface area contributed by atoms with Crippen LogP contribution in [-0.4, -0.2) is 51.4 Å². The van der Waals surface area contributed by atoms with E-state index >= 15 is 0 Å². The third-order valence-electron chi connectivity index (χ3n) is 6.31. The number of ether oxygens (including phenoxy) is 1. The second-order valence-corrected chi connectivity index (χ2v) is 11.4. The Labute approximate surface area is 239 Å². The summed E-state index contributed by atoms with van der Waals surface area (Å²) in [4.78, 5) is 28.1. The molecule has 2 amide bonds. The lowest BCUT2D eigenvalue weighted by Gasteiger charge is -2.32. The summed E-state index contributed by atoms with van der Waals surface area (Å²) in [6.45, 7) is 3.43. The third kappa shape index (κ3) is 7.73. The van der Waals surface area contributed by atoms with Gasteiger partial charge in [0, 0.05) is 13.1 Å². The lowest BCUT2D eigenvalue weighted by molar-refractivity contribution is -0.139. The Balaban J connectivity index is 2.00. The van der Waals surface area contributed by atoms with Crippen LogP contribution in [0.3, 0.4) is 0 Å². The van der Waals surface area contributed by atoms with E-state index in [0.29, 0.717) is 17.9 Å². The molecule has 1 unspecified atom stereocenters. The summed E-state index contributed by atoms with van der Waals surface area (Å²) in [5.74, 6) is -1.10. The van der Waals surface area contributed by atoms with Crippen molar-refractivity contribution in [2.45, 2.75) is 44.2 Å². The van der Waals surface area contributed by atoms with Crippen molar-refractivity contribution in [1.82, 2.24) is 10.2 Å². The average molecular weight is 590 g/mol. The zero-order valence-corrected chi connectivity index (χ0v) is 24.2. The molecule has 0 spiro atoms. The van der Waals surface area contributed by atoms with E-state index in [4.69, 9.17) is 16.3 Å². The Morgan fingerprint density at radius 1 is 1.05 bits per heavy atom. The summed E-state index contributed by atoms with van der Waals surface area (Å²) in [6, 6.07) is 17.1. The van der Waals surface area contributed by atoms with E-state index in [0.717, 1.165) is 29.3 Å². The van der Waals surface area contributed by atoms with Crippen molar-refractivity contribution in [1.29, 1.82) is 0 Å². The zero-order valence-electron chi connectivity index (χ0n) is 22.6. The van der Waals surface area contributed by atoms with E-state index < -0.39 is 34.3 Å². The van der Waals surface area contributed by atoms with Gasteiger partial charge in [0.15, 0.2) is 0 Å². The summed E-state index contributed by atoms with van der Waals surface area (Å²) in [5.41, 5.74) is 0.720. The van der Waals surface area contributed by atoms with E-state index in [2.05, 4.69) is 5.32 Å². The molecule has 1 N–H and O–H groups in total. The molecular weight excluding hydrogens is 557 g/mol.